The van der Waals surface area contributed by atoms with Crippen LogP contribution in [0.2, 0.25) is 0 Å². The maximum Gasteiger partial charge on any atom is 0.238 e. The molecule has 4 heteroatoms. The summed E-state index contributed by atoms with van der Waals surface area (Å²) < 4.78 is 0. The Morgan fingerprint density at radius 3 is 2.37 bits per heavy atom. The third kappa shape index (κ3) is 5.91. The predicted molar refractivity (Wildman–Crippen MR) is 112 cm³/mol. The van der Waals surface area contributed by atoms with Crippen molar-refractivity contribution < 1.29 is 4.79 Å². The Morgan fingerprint density at radius 1 is 0.926 bits per heavy atom. The molecule has 1 saturated heterocycles. The van der Waals surface area contributed by atoms with Crippen LogP contribution < -0.4 is 5.32 Å². The number of hydrogen-bond donors (Lipinski definition) is 1. The molecule has 0 unspecified atom stereocenters. The molecule has 0 aromatic heterocycles. The summed E-state index contributed by atoms with van der Waals surface area (Å²) in [6.07, 6.45) is 1.10. The zero-order valence-corrected chi connectivity index (χ0v) is 16.5. The van der Waals surface area contributed by atoms with Crippen LogP contribution in [0.3, 0.4) is 0 Å². The van der Waals surface area contributed by atoms with Gasteiger partial charge in [-0.3, -0.25) is 14.6 Å². The first-order valence-corrected chi connectivity index (χ1v) is 9.99. The molecule has 0 radical (unpaired) electrons. The van der Waals surface area contributed by atoms with Crippen LogP contribution in [-0.2, 0) is 11.3 Å². The molecule has 0 aliphatic carbocycles. The minimum atomic E-state index is 0.0830. The van der Waals surface area contributed by atoms with E-state index in [0.717, 1.165) is 44.8 Å². The number of para-hydroxylation sites is 1. The second-order valence-corrected chi connectivity index (χ2v) is 7.68. The van der Waals surface area contributed by atoms with Crippen molar-refractivity contribution in [2.24, 2.45) is 0 Å². The molecular formula is C23H31N3O. The van der Waals surface area contributed by atoms with Gasteiger partial charge in [-0.25, -0.2) is 0 Å². The van der Waals surface area contributed by atoms with Gasteiger partial charge in [0.25, 0.3) is 0 Å². The molecule has 1 fully saturated rings. The minimum absolute atomic E-state index is 0.0830. The van der Waals surface area contributed by atoms with Gasteiger partial charge in [-0.15, -0.1) is 0 Å². The zero-order valence-electron chi connectivity index (χ0n) is 16.5. The van der Waals surface area contributed by atoms with Crippen molar-refractivity contribution >= 4 is 11.6 Å². The SMILES string of the molecule is CC(C)c1ccccc1NC(=O)CN1CCCN(Cc2ccccc2)CC1. The molecule has 1 amide bonds. The van der Waals surface area contributed by atoms with E-state index in [0.29, 0.717) is 12.5 Å². The number of hydrogen-bond acceptors (Lipinski definition) is 3. The molecule has 1 heterocycles. The van der Waals surface area contributed by atoms with E-state index in [1.54, 1.807) is 0 Å². The fourth-order valence-electron chi connectivity index (χ4n) is 3.69. The normalized spacial score (nSPS) is 16.3. The summed E-state index contributed by atoms with van der Waals surface area (Å²) in [5.41, 5.74) is 3.49. The molecule has 0 saturated carbocycles. The monoisotopic (exact) mass is 365 g/mol. The van der Waals surface area contributed by atoms with Crippen LogP contribution in [0.25, 0.3) is 0 Å². The third-order valence-electron chi connectivity index (χ3n) is 5.15. The fraction of sp³-hybridized carbons (Fsp3) is 0.435. The molecule has 2 aromatic rings. The largest absolute Gasteiger partial charge is 0.325 e. The Morgan fingerprint density at radius 2 is 1.59 bits per heavy atom. The Balaban J connectivity index is 1.50. The summed E-state index contributed by atoms with van der Waals surface area (Å²) in [6, 6.07) is 18.7. The van der Waals surface area contributed by atoms with Crippen LogP contribution >= 0.6 is 0 Å². The van der Waals surface area contributed by atoms with Crippen LogP contribution in [0.15, 0.2) is 54.6 Å². The third-order valence-corrected chi connectivity index (χ3v) is 5.15. The lowest BCUT2D eigenvalue weighted by Gasteiger charge is -2.22. The van der Waals surface area contributed by atoms with Gasteiger partial charge in [-0.05, 0) is 42.6 Å². The van der Waals surface area contributed by atoms with Crippen molar-refractivity contribution in [3.05, 3.63) is 65.7 Å². The minimum Gasteiger partial charge on any atom is -0.325 e. The van der Waals surface area contributed by atoms with Gasteiger partial charge in [0.15, 0.2) is 0 Å². The van der Waals surface area contributed by atoms with Crippen molar-refractivity contribution in [3.63, 3.8) is 0 Å². The highest BCUT2D eigenvalue weighted by molar-refractivity contribution is 5.93. The van der Waals surface area contributed by atoms with Crippen LogP contribution in [-0.4, -0.2) is 48.4 Å². The highest BCUT2D eigenvalue weighted by atomic mass is 16.2. The van der Waals surface area contributed by atoms with E-state index in [-0.39, 0.29) is 5.91 Å². The van der Waals surface area contributed by atoms with Crippen molar-refractivity contribution in [2.75, 3.05) is 38.0 Å². The number of carbonyl (C=O) groups is 1. The molecular weight excluding hydrogens is 334 g/mol. The zero-order chi connectivity index (χ0) is 19.1. The quantitative estimate of drug-likeness (QED) is 0.842. The molecule has 27 heavy (non-hydrogen) atoms. The maximum absolute atomic E-state index is 12.6. The summed E-state index contributed by atoms with van der Waals surface area (Å²) >= 11 is 0. The van der Waals surface area contributed by atoms with Gasteiger partial charge in [-0.2, -0.15) is 0 Å². The van der Waals surface area contributed by atoms with Crippen molar-refractivity contribution in [2.45, 2.75) is 32.7 Å². The van der Waals surface area contributed by atoms with Crippen molar-refractivity contribution in [1.29, 1.82) is 0 Å². The lowest BCUT2D eigenvalue weighted by Crippen LogP contribution is -2.36. The van der Waals surface area contributed by atoms with Gasteiger partial charge in [0.2, 0.25) is 5.91 Å². The molecule has 0 bridgehead atoms. The average molecular weight is 366 g/mol. The van der Waals surface area contributed by atoms with E-state index >= 15 is 0 Å². The van der Waals surface area contributed by atoms with Crippen LogP contribution in [0.1, 0.15) is 37.3 Å². The van der Waals surface area contributed by atoms with Crippen LogP contribution in [0.4, 0.5) is 5.69 Å². The van der Waals surface area contributed by atoms with E-state index < -0.39 is 0 Å². The fourth-order valence-corrected chi connectivity index (χ4v) is 3.69. The van der Waals surface area contributed by atoms with Crippen molar-refractivity contribution in [3.8, 4) is 0 Å². The molecule has 1 aliphatic heterocycles. The second-order valence-electron chi connectivity index (χ2n) is 7.68. The Kier molecular flexibility index (Phi) is 7.02. The van der Waals surface area contributed by atoms with Gasteiger partial charge in [-0.1, -0.05) is 62.4 Å². The number of anilines is 1. The Hall–Kier alpha value is -2.17. The van der Waals surface area contributed by atoms with Gasteiger partial charge in [0.05, 0.1) is 6.54 Å². The molecule has 2 aromatic carbocycles. The van der Waals surface area contributed by atoms with Crippen LogP contribution in [0, 0.1) is 0 Å². The molecule has 144 valence electrons. The smallest absolute Gasteiger partial charge is 0.238 e. The average Bonchev–Trinajstić information content (AvgIpc) is 2.88. The highest BCUT2D eigenvalue weighted by Crippen LogP contribution is 2.23. The number of nitrogens with zero attached hydrogens (tertiary/aromatic N) is 2. The van der Waals surface area contributed by atoms with Gasteiger partial charge >= 0.3 is 0 Å². The standard InChI is InChI=1S/C23H31N3O/c1-19(2)21-11-6-7-12-22(21)24-23(27)18-26-14-8-13-25(15-16-26)17-20-9-4-3-5-10-20/h3-7,9-12,19H,8,13-18H2,1-2H3,(H,24,27). The van der Waals surface area contributed by atoms with E-state index in [1.807, 2.05) is 18.2 Å². The first-order valence-electron chi connectivity index (χ1n) is 9.99. The maximum atomic E-state index is 12.6. The first kappa shape index (κ1) is 19.6. The molecule has 3 rings (SSSR count). The van der Waals surface area contributed by atoms with Crippen molar-refractivity contribution in [1.82, 2.24) is 9.80 Å². The van der Waals surface area contributed by atoms with E-state index in [2.05, 4.69) is 65.4 Å². The molecule has 0 spiro atoms. The number of nitrogens with one attached hydrogen (secondary N) is 1. The molecule has 0 atom stereocenters. The van der Waals surface area contributed by atoms with Gasteiger partial charge < -0.3 is 5.32 Å². The Bertz CT molecular complexity index is 729. The lowest BCUT2D eigenvalue weighted by atomic mass is 10.0. The first-order chi connectivity index (χ1) is 13.1. The Labute approximate surface area is 163 Å². The van der Waals surface area contributed by atoms with E-state index in [1.165, 1.54) is 11.1 Å². The summed E-state index contributed by atoms with van der Waals surface area (Å²) in [5.74, 6) is 0.478. The summed E-state index contributed by atoms with van der Waals surface area (Å²) in [7, 11) is 0. The molecule has 4 nitrogen and oxygen atoms in total. The van der Waals surface area contributed by atoms with Gasteiger partial charge in [0.1, 0.15) is 0 Å². The molecule has 1 N–H and O–H groups in total. The van der Waals surface area contributed by atoms with E-state index in [9.17, 15) is 4.79 Å². The number of rotatable bonds is 6. The predicted octanol–water partition coefficient (Wildman–Crippen LogP) is 3.96. The van der Waals surface area contributed by atoms with E-state index in [4.69, 9.17) is 0 Å². The summed E-state index contributed by atoms with van der Waals surface area (Å²) in [6.45, 7) is 9.76. The lowest BCUT2D eigenvalue weighted by molar-refractivity contribution is -0.117. The number of carbonyl (C=O) groups excluding carboxylic acids is 1. The summed E-state index contributed by atoms with van der Waals surface area (Å²) in [5, 5.41) is 3.12. The number of amides is 1. The van der Waals surface area contributed by atoms with Crippen LogP contribution in [0.5, 0.6) is 0 Å². The number of benzene rings is 2. The second kappa shape index (κ2) is 9.67. The highest BCUT2D eigenvalue weighted by Gasteiger charge is 2.18. The summed E-state index contributed by atoms with van der Waals surface area (Å²) in [4.78, 5) is 17.3. The topological polar surface area (TPSA) is 35.6 Å². The molecule has 1 aliphatic rings. The van der Waals surface area contributed by atoms with Gasteiger partial charge in [0, 0.05) is 25.3 Å².